The number of aromatic nitrogens is 5. The van der Waals surface area contributed by atoms with Crippen LogP contribution in [0.1, 0.15) is 18.7 Å². The lowest BCUT2D eigenvalue weighted by Crippen LogP contribution is -2.31. The Labute approximate surface area is 175 Å². The fourth-order valence-electron chi connectivity index (χ4n) is 3.30. The number of carbonyl (C=O) groups is 1. The predicted octanol–water partition coefficient (Wildman–Crippen LogP) is 2.88. The molecule has 8 nitrogen and oxygen atoms in total. The van der Waals surface area contributed by atoms with Crippen LogP contribution in [-0.2, 0) is 11.2 Å². The summed E-state index contributed by atoms with van der Waals surface area (Å²) in [4.78, 5) is 24.3. The molecule has 1 unspecified atom stereocenters. The lowest BCUT2D eigenvalue weighted by molar-refractivity contribution is -0.140. The van der Waals surface area contributed by atoms with Gasteiger partial charge >= 0.3 is 5.97 Å². The molecule has 1 atom stereocenters. The second-order valence-corrected chi connectivity index (χ2v) is 7.22. The number of pyridine rings is 1. The van der Waals surface area contributed by atoms with Gasteiger partial charge in [0.25, 0.3) is 5.56 Å². The summed E-state index contributed by atoms with van der Waals surface area (Å²) in [5.41, 5.74) is 2.97. The number of aryl methyl sites for hydroxylation is 1. The van der Waals surface area contributed by atoms with E-state index < -0.39 is 17.6 Å². The molecule has 4 rings (SSSR count). The standard InChI is InChI=1S/C19H16ClN5O3S/c1-2-12-15(10-3-5-11(20)6-4-10)17-22-21-16-13(25(17)23-12)7-8-24(18(16)26)14(9-29)19(27)28/h3-8,14,29H,2,9H2,1H3,(H,27,28). The fourth-order valence-corrected chi connectivity index (χ4v) is 3.75. The Morgan fingerprint density at radius 2 is 1.97 bits per heavy atom. The van der Waals surface area contributed by atoms with Crippen LogP contribution in [0.2, 0.25) is 5.02 Å². The molecular formula is C19H16ClN5O3S. The van der Waals surface area contributed by atoms with Crippen LogP contribution in [0, 0.1) is 0 Å². The highest BCUT2D eigenvalue weighted by Gasteiger charge is 2.23. The monoisotopic (exact) mass is 429 g/mol. The molecular weight excluding hydrogens is 414 g/mol. The van der Waals surface area contributed by atoms with Crippen LogP contribution >= 0.6 is 24.2 Å². The Bertz CT molecular complexity index is 1300. The number of carboxylic acids is 1. The number of nitrogens with zero attached hydrogens (tertiary/aromatic N) is 5. The van der Waals surface area contributed by atoms with E-state index >= 15 is 0 Å². The number of fused-ring (bicyclic) bond motifs is 3. The maximum absolute atomic E-state index is 12.9. The number of hydrogen-bond donors (Lipinski definition) is 2. The Morgan fingerprint density at radius 1 is 1.24 bits per heavy atom. The topological polar surface area (TPSA) is 102 Å². The number of benzene rings is 1. The molecule has 1 N–H and O–H groups in total. The van der Waals surface area contributed by atoms with Crippen molar-refractivity contribution in [2.75, 3.05) is 5.75 Å². The van der Waals surface area contributed by atoms with Gasteiger partial charge < -0.3 is 5.11 Å². The summed E-state index contributed by atoms with van der Waals surface area (Å²) in [7, 11) is 0. The van der Waals surface area contributed by atoms with Gasteiger partial charge in [-0.3, -0.25) is 9.36 Å². The number of rotatable bonds is 5. The van der Waals surface area contributed by atoms with E-state index in [-0.39, 0.29) is 11.3 Å². The van der Waals surface area contributed by atoms with Gasteiger partial charge in [-0.1, -0.05) is 30.7 Å². The molecule has 4 aromatic rings. The Hall–Kier alpha value is -2.91. The molecule has 0 amide bonds. The number of thiol groups is 1. The molecule has 0 bridgehead atoms. The molecule has 0 aliphatic heterocycles. The summed E-state index contributed by atoms with van der Waals surface area (Å²) >= 11 is 10.0. The minimum absolute atomic E-state index is 0.0289. The van der Waals surface area contributed by atoms with Crippen LogP contribution in [0.4, 0.5) is 0 Å². The van der Waals surface area contributed by atoms with E-state index in [1.165, 1.54) is 6.20 Å². The van der Waals surface area contributed by atoms with Gasteiger partial charge in [0, 0.05) is 17.0 Å². The summed E-state index contributed by atoms with van der Waals surface area (Å²) in [6, 6.07) is 7.86. The van der Waals surface area contributed by atoms with Crippen molar-refractivity contribution in [3.05, 3.63) is 57.6 Å². The lowest BCUT2D eigenvalue weighted by Gasteiger charge is -2.13. The molecule has 29 heavy (non-hydrogen) atoms. The zero-order chi connectivity index (χ0) is 20.7. The molecule has 148 valence electrons. The third-order valence-electron chi connectivity index (χ3n) is 4.74. The summed E-state index contributed by atoms with van der Waals surface area (Å²) in [6.45, 7) is 1.98. The molecule has 10 heteroatoms. The largest absolute Gasteiger partial charge is 0.480 e. The first-order valence-electron chi connectivity index (χ1n) is 8.85. The van der Waals surface area contributed by atoms with Gasteiger partial charge in [0.1, 0.15) is 11.6 Å². The van der Waals surface area contributed by atoms with Gasteiger partial charge in [-0.2, -0.15) is 17.7 Å². The fraction of sp³-hybridized carbons (Fsp3) is 0.211. The maximum Gasteiger partial charge on any atom is 0.327 e. The van der Waals surface area contributed by atoms with Crippen LogP contribution in [0.3, 0.4) is 0 Å². The van der Waals surface area contributed by atoms with Gasteiger partial charge in [0.15, 0.2) is 11.2 Å². The van der Waals surface area contributed by atoms with Crippen LogP contribution in [0.25, 0.3) is 27.8 Å². The summed E-state index contributed by atoms with van der Waals surface area (Å²) in [6.07, 6.45) is 2.08. The van der Waals surface area contributed by atoms with Crippen molar-refractivity contribution in [1.29, 1.82) is 0 Å². The van der Waals surface area contributed by atoms with E-state index in [1.807, 2.05) is 19.1 Å². The number of aliphatic carboxylic acids is 1. The number of hydrogen-bond acceptors (Lipinski definition) is 6. The molecule has 1 aromatic carbocycles. The zero-order valence-corrected chi connectivity index (χ0v) is 16.9. The normalized spacial score (nSPS) is 12.5. The Kier molecular flexibility index (Phi) is 5.01. The highest BCUT2D eigenvalue weighted by atomic mass is 35.5. The predicted molar refractivity (Wildman–Crippen MR) is 113 cm³/mol. The van der Waals surface area contributed by atoms with Crippen molar-refractivity contribution in [3.8, 4) is 11.1 Å². The van der Waals surface area contributed by atoms with E-state index in [0.29, 0.717) is 22.6 Å². The van der Waals surface area contributed by atoms with Gasteiger partial charge in [-0.05, 0) is 30.2 Å². The first-order valence-corrected chi connectivity index (χ1v) is 9.86. The van der Waals surface area contributed by atoms with E-state index in [9.17, 15) is 14.7 Å². The summed E-state index contributed by atoms with van der Waals surface area (Å²) in [5.74, 6) is -1.17. The van der Waals surface area contributed by atoms with Crippen molar-refractivity contribution in [1.82, 2.24) is 24.4 Å². The SMILES string of the molecule is CCc1nn2c(nnc3c(=O)n(C(CS)C(=O)O)ccc32)c1-c1ccc(Cl)cc1. The minimum atomic E-state index is -1.15. The average molecular weight is 430 g/mol. The van der Waals surface area contributed by atoms with Crippen LogP contribution < -0.4 is 5.56 Å². The van der Waals surface area contributed by atoms with Crippen molar-refractivity contribution in [2.45, 2.75) is 19.4 Å². The second-order valence-electron chi connectivity index (χ2n) is 6.42. The molecule has 0 radical (unpaired) electrons. The van der Waals surface area contributed by atoms with E-state index in [1.54, 1.807) is 22.7 Å². The van der Waals surface area contributed by atoms with Crippen molar-refractivity contribution in [3.63, 3.8) is 0 Å². The Morgan fingerprint density at radius 3 is 2.59 bits per heavy atom. The first kappa shape index (κ1) is 19.4. The van der Waals surface area contributed by atoms with Gasteiger partial charge in [0.05, 0.1) is 11.3 Å². The molecule has 0 saturated heterocycles. The molecule has 3 aromatic heterocycles. The first-order chi connectivity index (χ1) is 14.0. The van der Waals surface area contributed by atoms with Crippen molar-refractivity contribution >= 4 is 46.9 Å². The molecule has 0 aliphatic rings. The second kappa shape index (κ2) is 7.49. The molecule has 0 saturated carbocycles. The van der Waals surface area contributed by atoms with Crippen LogP contribution in [-0.4, -0.2) is 41.2 Å². The smallest absolute Gasteiger partial charge is 0.327 e. The molecule has 0 spiro atoms. The average Bonchev–Trinajstić information content (AvgIpc) is 3.09. The van der Waals surface area contributed by atoms with Gasteiger partial charge in [-0.15, -0.1) is 10.2 Å². The van der Waals surface area contributed by atoms with Gasteiger partial charge in [0.2, 0.25) is 0 Å². The van der Waals surface area contributed by atoms with E-state index in [0.717, 1.165) is 21.4 Å². The Balaban J connectivity index is 2.00. The quantitative estimate of drug-likeness (QED) is 0.473. The highest BCUT2D eigenvalue weighted by Crippen LogP contribution is 2.29. The van der Waals surface area contributed by atoms with E-state index in [2.05, 4.69) is 27.9 Å². The van der Waals surface area contributed by atoms with Gasteiger partial charge in [-0.25, -0.2) is 9.31 Å². The summed E-state index contributed by atoms with van der Waals surface area (Å²) < 4.78 is 2.68. The minimum Gasteiger partial charge on any atom is -0.480 e. The maximum atomic E-state index is 12.9. The molecule has 0 fully saturated rings. The zero-order valence-electron chi connectivity index (χ0n) is 15.3. The third kappa shape index (κ3) is 3.16. The molecule has 3 heterocycles. The number of carboxylic acid groups (broad SMARTS) is 1. The van der Waals surface area contributed by atoms with Crippen LogP contribution in [0.5, 0.6) is 0 Å². The summed E-state index contributed by atoms with van der Waals surface area (Å²) in [5, 5.41) is 22.9. The number of halogens is 1. The van der Waals surface area contributed by atoms with Crippen molar-refractivity contribution < 1.29 is 9.90 Å². The highest BCUT2D eigenvalue weighted by molar-refractivity contribution is 7.80. The van der Waals surface area contributed by atoms with E-state index in [4.69, 9.17) is 11.6 Å². The van der Waals surface area contributed by atoms with Crippen LogP contribution in [0.15, 0.2) is 41.3 Å². The lowest BCUT2D eigenvalue weighted by atomic mass is 10.0. The van der Waals surface area contributed by atoms with Crippen molar-refractivity contribution in [2.24, 2.45) is 0 Å². The molecule has 0 aliphatic carbocycles. The third-order valence-corrected chi connectivity index (χ3v) is 5.34.